The molecule has 0 aliphatic heterocycles. The van der Waals surface area contributed by atoms with Gasteiger partial charge in [-0.1, -0.05) is 6.92 Å². The minimum atomic E-state index is -1.51. The Bertz CT molecular complexity index is 261. The van der Waals surface area contributed by atoms with Crippen LogP contribution in [0.1, 0.15) is 20.3 Å². The van der Waals surface area contributed by atoms with Gasteiger partial charge >= 0.3 is 11.9 Å². The Morgan fingerprint density at radius 1 is 1.53 bits per heavy atom. The van der Waals surface area contributed by atoms with Crippen LogP contribution in [0.4, 0.5) is 0 Å². The number of carbonyl (C=O) groups excluding carboxylic acids is 1. The molecule has 1 atom stereocenters. The summed E-state index contributed by atoms with van der Waals surface area (Å²) in [5.41, 5.74) is 0.710. The van der Waals surface area contributed by atoms with Gasteiger partial charge in [-0.15, -0.1) is 6.10 Å². The predicted octanol–water partition coefficient (Wildman–Crippen LogP) is -1.21. The first-order chi connectivity index (χ1) is 6.93. The first-order valence-corrected chi connectivity index (χ1v) is 4.60. The highest BCUT2D eigenvalue weighted by molar-refractivity contribution is 6.31. The second-order valence-corrected chi connectivity index (χ2v) is 3.19. The first kappa shape index (κ1) is 13.6. The lowest BCUT2D eigenvalue weighted by Gasteiger charge is -2.14. The molecule has 1 unspecified atom stereocenters. The van der Waals surface area contributed by atoms with Crippen molar-refractivity contribution in [2.75, 3.05) is 13.1 Å². The molecular weight excluding hydrogens is 200 g/mol. The van der Waals surface area contributed by atoms with Gasteiger partial charge in [0.25, 0.3) is 0 Å². The normalized spacial score (nSPS) is 13.4. The lowest BCUT2D eigenvalue weighted by molar-refractivity contribution is -0.411. The number of aliphatic imine (C=N–C) groups is 1. The number of carbonyl (C=O) groups is 2. The summed E-state index contributed by atoms with van der Waals surface area (Å²) in [4.78, 5) is 24.6. The molecule has 0 aromatic carbocycles. The van der Waals surface area contributed by atoms with Crippen LogP contribution in [-0.2, 0) is 9.59 Å². The fourth-order valence-corrected chi connectivity index (χ4v) is 0.972. The number of carboxylic acid groups (broad SMARTS) is 1. The number of aliphatic carboxylic acids is 1. The minimum Gasteiger partial charge on any atom is -0.852 e. The largest absolute Gasteiger partial charge is 0.852 e. The molecule has 0 heterocycles. The molecule has 15 heavy (non-hydrogen) atoms. The van der Waals surface area contributed by atoms with Gasteiger partial charge in [0.15, 0.2) is 0 Å². The molecule has 0 radical (unpaired) electrons. The molecule has 0 saturated heterocycles. The van der Waals surface area contributed by atoms with E-state index in [9.17, 15) is 14.7 Å². The summed E-state index contributed by atoms with van der Waals surface area (Å²) in [6.07, 6.45) is -0.324. The Labute approximate surface area is 88.0 Å². The quantitative estimate of drug-likeness (QED) is 0.341. The maximum Gasteiger partial charge on any atom is 0.394 e. The second-order valence-electron chi connectivity index (χ2n) is 3.19. The number of hydrogen-bond donors (Lipinski definition) is 2. The van der Waals surface area contributed by atoms with E-state index in [1.165, 1.54) is 0 Å². The lowest BCUT2D eigenvalue weighted by atomic mass is 10.2. The van der Waals surface area contributed by atoms with Gasteiger partial charge in [0, 0.05) is 12.3 Å². The van der Waals surface area contributed by atoms with Crippen molar-refractivity contribution < 1.29 is 19.8 Å². The summed E-state index contributed by atoms with van der Waals surface area (Å²) >= 11 is 0. The fraction of sp³-hybridized carbons (Fsp3) is 0.667. The van der Waals surface area contributed by atoms with Crippen LogP contribution in [0.5, 0.6) is 0 Å². The van der Waals surface area contributed by atoms with Crippen LogP contribution in [0.15, 0.2) is 4.99 Å². The van der Waals surface area contributed by atoms with Gasteiger partial charge in [-0.2, -0.15) is 0 Å². The summed E-state index contributed by atoms with van der Waals surface area (Å²) in [5.74, 6) is -2.55. The smallest absolute Gasteiger partial charge is 0.394 e. The SMILES string of the molecule is CC(CC(C)[O-])=NCCNC(=O)C(=O)O. The molecule has 0 aliphatic carbocycles. The van der Waals surface area contributed by atoms with Gasteiger partial charge in [0.05, 0.1) is 6.54 Å². The first-order valence-electron chi connectivity index (χ1n) is 4.60. The van der Waals surface area contributed by atoms with Crippen molar-refractivity contribution in [1.82, 2.24) is 5.32 Å². The highest BCUT2D eigenvalue weighted by atomic mass is 16.4. The lowest BCUT2D eigenvalue weighted by Crippen LogP contribution is -2.32. The second kappa shape index (κ2) is 6.94. The number of nitrogens with one attached hydrogen (secondary N) is 1. The molecule has 0 aromatic heterocycles. The van der Waals surface area contributed by atoms with Crippen LogP contribution in [0, 0.1) is 0 Å². The Kier molecular flexibility index (Phi) is 6.28. The Morgan fingerprint density at radius 2 is 2.13 bits per heavy atom. The average molecular weight is 215 g/mol. The van der Waals surface area contributed by atoms with Crippen LogP contribution in [-0.4, -0.2) is 41.9 Å². The predicted molar refractivity (Wildman–Crippen MR) is 52.7 cm³/mol. The van der Waals surface area contributed by atoms with Crippen LogP contribution in [0.3, 0.4) is 0 Å². The minimum absolute atomic E-state index is 0.162. The zero-order valence-corrected chi connectivity index (χ0v) is 8.82. The van der Waals surface area contributed by atoms with E-state index in [1.807, 2.05) is 0 Å². The van der Waals surface area contributed by atoms with Crippen LogP contribution in [0.2, 0.25) is 0 Å². The molecule has 0 spiro atoms. The maximum atomic E-state index is 10.7. The van der Waals surface area contributed by atoms with Gasteiger partial charge in [-0.25, -0.2) is 4.79 Å². The molecule has 1 amide bonds. The molecule has 0 saturated carbocycles. The third-order valence-electron chi connectivity index (χ3n) is 1.56. The molecule has 0 fully saturated rings. The topological polar surface area (TPSA) is 102 Å². The standard InChI is InChI=1S/C9H15N2O4/c1-6(5-7(2)12)10-3-4-11-8(13)9(14)15/h7H,3-5H2,1-2H3,(H,11,13)(H,14,15)/q-1. The van der Waals surface area contributed by atoms with E-state index in [0.717, 1.165) is 0 Å². The number of rotatable bonds is 5. The third-order valence-corrected chi connectivity index (χ3v) is 1.56. The highest BCUT2D eigenvalue weighted by Crippen LogP contribution is 1.90. The van der Waals surface area contributed by atoms with Crippen molar-refractivity contribution in [1.29, 1.82) is 0 Å². The molecule has 86 valence electrons. The average Bonchev–Trinajstić information content (AvgIpc) is 2.10. The molecular formula is C9H15N2O4-. The Balaban J connectivity index is 3.69. The van der Waals surface area contributed by atoms with Crippen LogP contribution < -0.4 is 10.4 Å². The van der Waals surface area contributed by atoms with Crippen LogP contribution >= 0.6 is 0 Å². The molecule has 6 nitrogen and oxygen atoms in total. The summed E-state index contributed by atoms with van der Waals surface area (Å²) in [5, 5.41) is 21.1. The van der Waals surface area contributed by atoms with Gasteiger partial charge < -0.3 is 15.5 Å². The van der Waals surface area contributed by atoms with E-state index in [1.54, 1.807) is 13.8 Å². The maximum absolute atomic E-state index is 10.7. The van der Waals surface area contributed by atoms with Crippen molar-refractivity contribution in [3.05, 3.63) is 0 Å². The van der Waals surface area contributed by atoms with Gasteiger partial charge in [0.1, 0.15) is 0 Å². The molecule has 0 rings (SSSR count). The van der Waals surface area contributed by atoms with E-state index in [0.29, 0.717) is 12.1 Å². The fourth-order valence-electron chi connectivity index (χ4n) is 0.972. The van der Waals surface area contributed by atoms with E-state index in [2.05, 4.69) is 10.3 Å². The zero-order chi connectivity index (χ0) is 11.8. The van der Waals surface area contributed by atoms with Crippen molar-refractivity contribution in [2.45, 2.75) is 26.4 Å². The molecule has 0 aliphatic rings. The number of hydrogen-bond acceptors (Lipinski definition) is 4. The Morgan fingerprint density at radius 3 is 2.60 bits per heavy atom. The van der Waals surface area contributed by atoms with Crippen molar-refractivity contribution in [3.8, 4) is 0 Å². The van der Waals surface area contributed by atoms with E-state index in [-0.39, 0.29) is 13.1 Å². The number of nitrogens with zero attached hydrogens (tertiary/aromatic N) is 1. The Hall–Kier alpha value is -1.43. The molecule has 6 heteroatoms. The van der Waals surface area contributed by atoms with Crippen molar-refractivity contribution in [2.24, 2.45) is 4.99 Å². The summed E-state index contributed by atoms with van der Waals surface area (Å²) in [6, 6.07) is 0. The summed E-state index contributed by atoms with van der Waals surface area (Å²) in [7, 11) is 0. The molecule has 2 N–H and O–H groups in total. The van der Waals surface area contributed by atoms with E-state index in [4.69, 9.17) is 5.11 Å². The summed E-state index contributed by atoms with van der Waals surface area (Å²) in [6.45, 7) is 3.73. The monoisotopic (exact) mass is 215 g/mol. The summed E-state index contributed by atoms with van der Waals surface area (Å²) < 4.78 is 0. The molecule has 0 bridgehead atoms. The van der Waals surface area contributed by atoms with Gasteiger partial charge in [0.2, 0.25) is 0 Å². The third kappa shape index (κ3) is 7.63. The number of carboxylic acids is 1. The van der Waals surface area contributed by atoms with Crippen molar-refractivity contribution >= 4 is 17.6 Å². The van der Waals surface area contributed by atoms with Gasteiger partial charge in [-0.05, 0) is 13.3 Å². The van der Waals surface area contributed by atoms with E-state index < -0.39 is 18.0 Å². The van der Waals surface area contributed by atoms with Crippen molar-refractivity contribution in [3.63, 3.8) is 0 Å². The van der Waals surface area contributed by atoms with Crippen LogP contribution in [0.25, 0.3) is 0 Å². The van der Waals surface area contributed by atoms with Gasteiger partial charge in [-0.3, -0.25) is 9.79 Å². The molecule has 0 aromatic rings. The van der Waals surface area contributed by atoms with E-state index >= 15 is 0 Å². The zero-order valence-electron chi connectivity index (χ0n) is 8.82. The number of amides is 1. The highest BCUT2D eigenvalue weighted by Gasteiger charge is 2.08.